The molecule has 1 fully saturated rings. The van der Waals surface area contributed by atoms with Gasteiger partial charge in [0.1, 0.15) is 5.82 Å². The average molecular weight is 279 g/mol. The van der Waals surface area contributed by atoms with Gasteiger partial charge in [0.05, 0.1) is 5.56 Å². The predicted molar refractivity (Wildman–Crippen MR) is 64.9 cm³/mol. The van der Waals surface area contributed by atoms with E-state index in [0.29, 0.717) is 19.5 Å². The zero-order chi connectivity index (χ0) is 13.3. The van der Waals surface area contributed by atoms with Crippen molar-refractivity contribution in [2.24, 2.45) is 5.92 Å². The summed E-state index contributed by atoms with van der Waals surface area (Å²) in [5.41, 5.74) is -0.676. The minimum atomic E-state index is -4.37. The highest BCUT2D eigenvalue weighted by Gasteiger charge is 2.37. The first-order valence-corrected chi connectivity index (χ1v) is 6.24. The van der Waals surface area contributed by atoms with Gasteiger partial charge < -0.3 is 4.90 Å². The van der Waals surface area contributed by atoms with E-state index in [0.717, 1.165) is 6.07 Å². The lowest BCUT2D eigenvalue weighted by molar-refractivity contribution is -0.137. The van der Waals surface area contributed by atoms with Gasteiger partial charge >= 0.3 is 6.18 Å². The van der Waals surface area contributed by atoms with Crippen molar-refractivity contribution in [3.8, 4) is 0 Å². The summed E-state index contributed by atoms with van der Waals surface area (Å²) in [6.45, 7) is 2.97. The fraction of sp³-hybridized carbons (Fsp3) is 0.583. The maximum atomic E-state index is 12.9. The second-order valence-corrected chi connectivity index (χ2v) is 5.16. The van der Waals surface area contributed by atoms with Gasteiger partial charge in [-0.15, -0.1) is 11.6 Å². The summed E-state index contributed by atoms with van der Waals surface area (Å²) in [7, 11) is 0. The molecule has 1 aromatic heterocycles. The Hall–Kier alpha value is -0.970. The maximum absolute atomic E-state index is 12.9. The SMILES string of the molecule is CC1CN(c2ncccc2C(F)(F)F)CCC1Cl. The quantitative estimate of drug-likeness (QED) is 0.730. The van der Waals surface area contributed by atoms with Crippen LogP contribution in [-0.2, 0) is 6.18 Å². The van der Waals surface area contributed by atoms with Crippen molar-refractivity contribution < 1.29 is 13.2 Å². The van der Waals surface area contributed by atoms with E-state index < -0.39 is 11.7 Å². The molecule has 6 heteroatoms. The van der Waals surface area contributed by atoms with E-state index in [1.165, 1.54) is 12.3 Å². The van der Waals surface area contributed by atoms with Gasteiger partial charge in [-0.1, -0.05) is 6.92 Å². The van der Waals surface area contributed by atoms with Gasteiger partial charge in [-0.3, -0.25) is 0 Å². The highest BCUT2D eigenvalue weighted by Crippen LogP contribution is 2.36. The van der Waals surface area contributed by atoms with Crippen molar-refractivity contribution in [1.82, 2.24) is 4.98 Å². The van der Waals surface area contributed by atoms with Crippen LogP contribution in [0.4, 0.5) is 19.0 Å². The van der Waals surface area contributed by atoms with Crippen molar-refractivity contribution in [2.75, 3.05) is 18.0 Å². The van der Waals surface area contributed by atoms with E-state index in [-0.39, 0.29) is 17.1 Å². The number of hydrogen-bond acceptors (Lipinski definition) is 2. The molecule has 2 heterocycles. The second kappa shape index (κ2) is 4.96. The van der Waals surface area contributed by atoms with Crippen molar-refractivity contribution in [1.29, 1.82) is 0 Å². The van der Waals surface area contributed by atoms with Gasteiger partial charge in [-0.2, -0.15) is 13.2 Å². The molecule has 0 N–H and O–H groups in total. The topological polar surface area (TPSA) is 16.1 Å². The van der Waals surface area contributed by atoms with E-state index >= 15 is 0 Å². The van der Waals surface area contributed by atoms with Crippen LogP contribution in [0.1, 0.15) is 18.9 Å². The van der Waals surface area contributed by atoms with Crippen LogP contribution in [0.25, 0.3) is 0 Å². The number of nitrogens with zero attached hydrogens (tertiary/aromatic N) is 2. The molecule has 1 aromatic rings. The third-order valence-corrected chi connectivity index (χ3v) is 3.84. The molecule has 100 valence electrons. The van der Waals surface area contributed by atoms with Crippen LogP contribution < -0.4 is 4.90 Å². The average Bonchev–Trinajstić information content (AvgIpc) is 2.32. The molecule has 0 saturated carbocycles. The molecule has 0 aliphatic carbocycles. The summed E-state index contributed by atoms with van der Waals surface area (Å²) in [6.07, 6.45) is -2.30. The summed E-state index contributed by atoms with van der Waals surface area (Å²) >= 11 is 6.08. The first-order valence-electron chi connectivity index (χ1n) is 5.81. The van der Waals surface area contributed by atoms with Crippen molar-refractivity contribution in [2.45, 2.75) is 24.9 Å². The third kappa shape index (κ3) is 2.71. The zero-order valence-electron chi connectivity index (χ0n) is 9.91. The standard InChI is InChI=1S/C12H14ClF3N2/c1-8-7-18(6-4-10(8)13)11-9(12(14,15)16)3-2-5-17-11/h2-3,5,8,10H,4,6-7H2,1H3. The Morgan fingerprint density at radius 3 is 2.78 bits per heavy atom. The predicted octanol–water partition coefficient (Wildman–Crippen LogP) is 3.55. The summed E-state index contributed by atoms with van der Waals surface area (Å²) in [4.78, 5) is 5.56. The second-order valence-electron chi connectivity index (χ2n) is 4.60. The van der Waals surface area contributed by atoms with Crippen molar-refractivity contribution in [3.63, 3.8) is 0 Å². The van der Waals surface area contributed by atoms with Gasteiger partial charge in [-0.05, 0) is 24.5 Å². The molecule has 1 aliphatic rings. The van der Waals surface area contributed by atoms with E-state index in [1.807, 2.05) is 6.92 Å². The number of anilines is 1. The molecule has 18 heavy (non-hydrogen) atoms. The first-order chi connectivity index (χ1) is 8.39. The molecule has 2 nitrogen and oxygen atoms in total. The van der Waals surface area contributed by atoms with Gasteiger partial charge in [0.15, 0.2) is 0 Å². The van der Waals surface area contributed by atoms with Gasteiger partial charge in [0.2, 0.25) is 0 Å². The van der Waals surface area contributed by atoms with Crippen LogP contribution in [0.5, 0.6) is 0 Å². The van der Waals surface area contributed by atoms with E-state index in [9.17, 15) is 13.2 Å². The molecular weight excluding hydrogens is 265 g/mol. The highest BCUT2D eigenvalue weighted by atomic mass is 35.5. The lowest BCUT2D eigenvalue weighted by atomic mass is 9.99. The van der Waals surface area contributed by atoms with Gasteiger partial charge in [0.25, 0.3) is 0 Å². The summed E-state index contributed by atoms with van der Waals surface area (Å²) in [6, 6.07) is 2.38. The number of rotatable bonds is 1. The fourth-order valence-corrected chi connectivity index (χ4v) is 2.36. The summed E-state index contributed by atoms with van der Waals surface area (Å²) < 4.78 is 38.7. The molecule has 2 rings (SSSR count). The van der Waals surface area contributed by atoms with Crippen LogP contribution in [-0.4, -0.2) is 23.5 Å². The number of alkyl halides is 4. The molecule has 1 aliphatic heterocycles. The van der Waals surface area contributed by atoms with Crippen LogP contribution >= 0.6 is 11.6 Å². The Bertz CT molecular complexity index is 422. The third-order valence-electron chi connectivity index (χ3n) is 3.19. The van der Waals surface area contributed by atoms with Gasteiger partial charge in [-0.25, -0.2) is 4.98 Å². The Balaban J connectivity index is 2.29. The number of hydrogen-bond donors (Lipinski definition) is 0. The monoisotopic (exact) mass is 278 g/mol. The highest BCUT2D eigenvalue weighted by molar-refractivity contribution is 6.20. The number of piperidine rings is 1. The van der Waals surface area contributed by atoms with Crippen LogP contribution in [0.3, 0.4) is 0 Å². The first kappa shape index (κ1) is 13.5. The minimum absolute atomic E-state index is 0.0143. The van der Waals surface area contributed by atoms with Crippen LogP contribution in [0.2, 0.25) is 0 Å². The molecular formula is C12H14ClF3N2. The lowest BCUT2D eigenvalue weighted by Gasteiger charge is -2.35. The molecule has 2 atom stereocenters. The van der Waals surface area contributed by atoms with E-state index in [1.54, 1.807) is 4.90 Å². The lowest BCUT2D eigenvalue weighted by Crippen LogP contribution is -2.41. The van der Waals surface area contributed by atoms with Crippen LogP contribution in [0, 0.1) is 5.92 Å². The maximum Gasteiger partial charge on any atom is 0.419 e. The van der Waals surface area contributed by atoms with Crippen molar-refractivity contribution in [3.05, 3.63) is 23.9 Å². The molecule has 0 aromatic carbocycles. The normalized spacial score (nSPS) is 25.3. The fourth-order valence-electron chi connectivity index (χ4n) is 2.18. The molecule has 2 unspecified atom stereocenters. The van der Waals surface area contributed by atoms with E-state index in [2.05, 4.69) is 4.98 Å². The zero-order valence-corrected chi connectivity index (χ0v) is 10.7. The summed E-state index contributed by atoms with van der Waals surface area (Å²) in [5.74, 6) is 0.170. The summed E-state index contributed by atoms with van der Waals surface area (Å²) in [5, 5.41) is 0.0271. The number of aromatic nitrogens is 1. The van der Waals surface area contributed by atoms with Crippen molar-refractivity contribution >= 4 is 17.4 Å². The molecule has 1 saturated heterocycles. The molecule has 0 amide bonds. The smallest absolute Gasteiger partial charge is 0.356 e. The Labute approximate surface area is 109 Å². The Kier molecular flexibility index (Phi) is 3.71. The number of pyridine rings is 1. The molecule has 0 spiro atoms. The van der Waals surface area contributed by atoms with E-state index in [4.69, 9.17) is 11.6 Å². The largest absolute Gasteiger partial charge is 0.419 e. The number of halogens is 4. The molecule has 0 radical (unpaired) electrons. The van der Waals surface area contributed by atoms with Crippen LogP contribution in [0.15, 0.2) is 18.3 Å². The Morgan fingerprint density at radius 2 is 2.17 bits per heavy atom. The minimum Gasteiger partial charge on any atom is -0.356 e. The molecule has 0 bridgehead atoms. The Morgan fingerprint density at radius 1 is 1.44 bits per heavy atom. The van der Waals surface area contributed by atoms with Gasteiger partial charge in [0, 0.05) is 24.7 Å².